The van der Waals surface area contributed by atoms with Crippen LogP contribution in [0.5, 0.6) is 0 Å². The SMILES string of the molecule is Cc1ccc(N2C(=O)/C(=C/c3cc(C)n(-c4ccccc4C)c3C)C(=O)N(c3ccccc3)C2=O)cc1. The molecule has 4 aromatic rings. The van der Waals surface area contributed by atoms with Crippen LogP contribution >= 0.6 is 0 Å². The Bertz CT molecular complexity index is 1560. The maximum absolute atomic E-state index is 13.7. The lowest BCUT2D eigenvalue weighted by Gasteiger charge is -2.34. The molecule has 0 unspecified atom stereocenters. The van der Waals surface area contributed by atoms with Crippen LogP contribution in [0, 0.1) is 27.7 Å². The van der Waals surface area contributed by atoms with Crippen LogP contribution < -0.4 is 9.80 Å². The van der Waals surface area contributed by atoms with Gasteiger partial charge in [0.25, 0.3) is 11.8 Å². The van der Waals surface area contributed by atoms with Crippen molar-refractivity contribution >= 4 is 35.3 Å². The fraction of sp³-hybridized carbons (Fsp3) is 0.129. The number of aryl methyl sites for hydroxylation is 3. The van der Waals surface area contributed by atoms with Gasteiger partial charge in [-0.1, -0.05) is 54.1 Å². The number of amides is 4. The first-order chi connectivity index (χ1) is 17.8. The van der Waals surface area contributed by atoms with Crippen molar-refractivity contribution in [2.45, 2.75) is 27.7 Å². The van der Waals surface area contributed by atoms with E-state index in [4.69, 9.17) is 0 Å². The van der Waals surface area contributed by atoms with Crippen molar-refractivity contribution in [1.29, 1.82) is 0 Å². The number of carbonyl (C=O) groups excluding carboxylic acids is 3. The van der Waals surface area contributed by atoms with Crippen LogP contribution in [-0.4, -0.2) is 22.4 Å². The molecule has 184 valence electrons. The molecule has 6 heteroatoms. The van der Waals surface area contributed by atoms with Crippen LogP contribution in [0.15, 0.2) is 90.5 Å². The Kier molecular flexibility index (Phi) is 6.09. The van der Waals surface area contributed by atoms with Gasteiger partial charge in [-0.15, -0.1) is 0 Å². The quantitative estimate of drug-likeness (QED) is 0.250. The molecule has 0 atom stereocenters. The van der Waals surface area contributed by atoms with E-state index in [1.807, 2.05) is 76.2 Å². The van der Waals surface area contributed by atoms with E-state index in [9.17, 15) is 14.4 Å². The highest BCUT2D eigenvalue weighted by Gasteiger charge is 2.43. The number of hydrogen-bond donors (Lipinski definition) is 0. The Balaban J connectivity index is 1.66. The van der Waals surface area contributed by atoms with Crippen molar-refractivity contribution in [3.05, 3.63) is 119 Å². The molecular formula is C31H27N3O3. The van der Waals surface area contributed by atoms with Crippen molar-refractivity contribution in [2.24, 2.45) is 0 Å². The standard InChI is InChI=1S/C31H27N3O3/c1-20-14-16-26(17-15-20)34-30(36)27(29(35)33(31(34)37)25-11-6-5-7-12-25)19-24-18-22(3)32(23(24)4)28-13-9-8-10-21(28)2/h5-19H,1-4H3/b27-19+. The molecule has 37 heavy (non-hydrogen) atoms. The van der Waals surface area contributed by atoms with E-state index >= 15 is 0 Å². The minimum absolute atomic E-state index is 0.0749. The number of rotatable bonds is 4. The second kappa shape index (κ2) is 9.39. The lowest BCUT2D eigenvalue weighted by Crippen LogP contribution is -2.57. The molecule has 1 aliphatic heterocycles. The van der Waals surface area contributed by atoms with Gasteiger partial charge in [0.1, 0.15) is 5.57 Å². The van der Waals surface area contributed by atoms with Gasteiger partial charge in [-0.3, -0.25) is 9.59 Å². The first-order valence-electron chi connectivity index (χ1n) is 12.1. The summed E-state index contributed by atoms with van der Waals surface area (Å²) in [6, 6.07) is 25.1. The number of hydrogen-bond acceptors (Lipinski definition) is 3. The van der Waals surface area contributed by atoms with Gasteiger partial charge in [-0.2, -0.15) is 0 Å². The molecule has 1 fully saturated rings. The van der Waals surface area contributed by atoms with Gasteiger partial charge in [-0.25, -0.2) is 14.6 Å². The third-order valence-electron chi connectivity index (χ3n) is 6.68. The summed E-state index contributed by atoms with van der Waals surface area (Å²) in [7, 11) is 0. The molecule has 0 spiro atoms. The monoisotopic (exact) mass is 489 g/mol. The van der Waals surface area contributed by atoms with Crippen molar-refractivity contribution in [1.82, 2.24) is 4.57 Å². The van der Waals surface area contributed by atoms with Crippen LogP contribution in [0.4, 0.5) is 16.2 Å². The van der Waals surface area contributed by atoms with Gasteiger partial charge < -0.3 is 4.57 Å². The number of urea groups is 1. The van der Waals surface area contributed by atoms with Crippen LogP contribution in [0.2, 0.25) is 0 Å². The Morgan fingerprint density at radius 3 is 1.84 bits per heavy atom. The molecule has 1 aromatic heterocycles. The summed E-state index contributed by atoms with van der Waals surface area (Å²) in [5.41, 5.74) is 6.48. The highest BCUT2D eigenvalue weighted by atomic mass is 16.2. The molecule has 0 bridgehead atoms. The summed E-state index contributed by atoms with van der Waals surface area (Å²) in [4.78, 5) is 43.1. The molecule has 0 saturated carbocycles. The fourth-order valence-electron chi connectivity index (χ4n) is 4.73. The van der Waals surface area contributed by atoms with E-state index in [1.54, 1.807) is 42.5 Å². The zero-order chi connectivity index (χ0) is 26.3. The van der Waals surface area contributed by atoms with E-state index < -0.39 is 17.8 Å². The van der Waals surface area contributed by atoms with Gasteiger partial charge >= 0.3 is 6.03 Å². The third-order valence-corrected chi connectivity index (χ3v) is 6.68. The molecular weight excluding hydrogens is 462 g/mol. The highest BCUT2D eigenvalue weighted by molar-refractivity contribution is 6.46. The van der Waals surface area contributed by atoms with Gasteiger partial charge in [0.2, 0.25) is 0 Å². The number of imide groups is 2. The van der Waals surface area contributed by atoms with E-state index in [0.29, 0.717) is 11.4 Å². The molecule has 4 amide bonds. The van der Waals surface area contributed by atoms with E-state index in [2.05, 4.69) is 4.57 Å². The first-order valence-corrected chi connectivity index (χ1v) is 12.1. The number of carbonyl (C=O) groups is 3. The maximum Gasteiger partial charge on any atom is 0.343 e. The lowest BCUT2D eigenvalue weighted by atomic mass is 10.0. The number of para-hydroxylation sites is 2. The van der Waals surface area contributed by atoms with Gasteiger partial charge in [0, 0.05) is 17.1 Å². The van der Waals surface area contributed by atoms with Crippen LogP contribution in [0.3, 0.4) is 0 Å². The number of aromatic nitrogens is 1. The molecule has 6 nitrogen and oxygen atoms in total. The predicted octanol–water partition coefficient (Wildman–Crippen LogP) is 6.29. The number of anilines is 2. The van der Waals surface area contributed by atoms with Crippen molar-refractivity contribution in [3.63, 3.8) is 0 Å². The lowest BCUT2D eigenvalue weighted by molar-refractivity contribution is -0.121. The average Bonchev–Trinajstić information content (AvgIpc) is 3.16. The molecule has 5 rings (SSSR count). The smallest absolute Gasteiger partial charge is 0.318 e. The van der Waals surface area contributed by atoms with Gasteiger partial charge in [0.05, 0.1) is 11.4 Å². The van der Waals surface area contributed by atoms with Crippen LogP contribution in [0.25, 0.3) is 11.8 Å². The summed E-state index contributed by atoms with van der Waals surface area (Å²) in [5, 5.41) is 0. The summed E-state index contributed by atoms with van der Waals surface area (Å²) >= 11 is 0. The molecule has 0 N–H and O–H groups in total. The normalized spacial score (nSPS) is 15.1. The van der Waals surface area contributed by atoms with Crippen LogP contribution in [0.1, 0.15) is 28.1 Å². The Morgan fingerprint density at radius 2 is 1.22 bits per heavy atom. The van der Waals surface area contributed by atoms with E-state index in [1.165, 1.54) is 0 Å². The van der Waals surface area contributed by atoms with Crippen molar-refractivity contribution < 1.29 is 14.4 Å². The average molecular weight is 490 g/mol. The number of barbiturate groups is 1. The number of nitrogens with zero attached hydrogens (tertiary/aromatic N) is 3. The minimum Gasteiger partial charge on any atom is -0.318 e. The second-order valence-corrected chi connectivity index (χ2v) is 9.24. The Labute approximate surface area is 216 Å². The Morgan fingerprint density at radius 1 is 0.649 bits per heavy atom. The predicted molar refractivity (Wildman–Crippen MR) is 146 cm³/mol. The third kappa shape index (κ3) is 4.16. The van der Waals surface area contributed by atoms with E-state index in [0.717, 1.165) is 43.6 Å². The van der Waals surface area contributed by atoms with Crippen molar-refractivity contribution in [2.75, 3.05) is 9.80 Å². The summed E-state index contributed by atoms with van der Waals surface area (Å²) in [5.74, 6) is -1.29. The summed E-state index contributed by atoms with van der Waals surface area (Å²) in [6.07, 6.45) is 1.60. The Hall–Kier alpha value is -4.71. The topological polar surface area (TPSA) is 62.6 Å². The summed E-state index contributed by atoms with van der Waals surface area (Å²) in [6.45, 7) is 7.92. The van der Waals surface area contributed by atoms with Gasteiger partial charge in [-0.05, 0) is 81.3 Å². The van der Waals surface area contributed by atoms with Crippen LogP contribution in [-0.2, 0) is 9.59 Å². The van der Waals surface area contributed by atoms with E-state index in [-0.39, 0.29) is 5.57 Å². The highest BCUT2D eigenvalue weighted by Crippen LogP contribution is 2.31. The molecule has 1 saturated heterocycles. The molecule has 3 aromatic carbocycles. The molecule has 0 radical (unpaired) electrons. The largest absolute Gasteiger partial charge is 0.343 e. The first kappa shape index (κ1) is 24.0. The molecule has 2 heterocycles. The number of benzene rings is 3. The summed E-state index contributed by atoms with van der Waals surface area (Å²) < 4.78 is 2.11. The van der Waals surface area contributed by atoms with Gasteiger partial charge in [0.15, 0.2) is 0 Å². The zero-order valence-corrected chi connectivity index (χ0v) is 21.2. The molecule has 1 aliphatic rings. The zero-order valence-electron chi connectivity index (χ0n) is 21.2. The minimum atomic E-state index is -0.701. The fourth-order valence-corrected chi connectivity index (χ4v) is 4.73. The second-order valence-electron chi connectivity index (χ2n) is 9.24. The van der Waals surface area contributed by atoms with Crippen molar-refractivity contribution in [3.8, 4) is 5.69 Å². The molecule has 0 aliphatic carbocycles. The maximum atomic E-state index is 13.7.